The molecule has 0 aliphatic carbocycles. The van der Waals surface area contributed by atoms with Crippen LogP contribution >= 0.6 is 11.3 Å². The van der Waals surface area contributed by atoms with Crippen molar-refractivity contribution in [3.63, 3.8) is 0 Å². The standard InChI is InChI=1S/C10H11N5S/c1-8-6-16-10(13-8)9-2-3-12-15(9)14-5-4-11-7-14/h3-7,9H,2H2,1H3. The number of rotatable bonds is 2. The Bertz CT molecular complexity index is 501. The first-order valence-corrected chi connectivity index (χ1v) is 5.94. The van der Waals surface area contributed by atoms with Gasteiger partial charge in [-0.25, -0.2) is 14.6 Å². The van der Waals surface area contributed by atoms with Gasteiger partial charge in [0.25, 0.3) is 0 Å². The molecule has 3 rings (SSSR count). The Kier molecular flexibility index (Phi) is 2.21. The summed E-state index contributed by atoms with van der Waals surface area (Å²) in [4.78, 5) is 8.55. The minimum absolute atomic E-state index is 0.202. The van der Waals surface area contributed by atoms with E-state index in [1.165, 1.54) is 0 Å². The van der Waals surface area contributed by atoms with Crippen LogP contribution in [0.3, 0.4) is 0 Å². The fraction of sp³-hybridized carbons (Fsp3) is 0.300. The second-order valence-corrected chi connectivity index (χ2v) is 4.53. The molecule has 16 heavy (non-hydrogen) atoms. The molecule has 0 N–H and O–H groups in total. The van der Waals surface area contributed by atoms with Crippen LogP contribution < -0.4 is 5.12 Å². The summed E-state index contributed by atoms with van der Waals surface area (Å²) in [6.45, 7) is 2.01. The molecule has 82 valence electrons. The van der Waals surface area contributed by atoms with E-state index in [9.17, 15) is 0 Å². The highest BCUT2D eigenvalue weighted by atomic mass is 32.1. The zero-order valence-electron chi connectivity index (χ0n) is 8.82. The fourth-order valence-corrected chi connectivity index (χ4v) is 2.61. The third kappa shape index (κ3) is 1.51. The summed E-state index contributed by atoms with van der Waals surface area (Å²) < 4.78 is 1.88. The number of hydrogen-bond acceptors (Lipinski definition) is 5. The Labute approximate surface area is 97.0 Å². The molecule has 2 aromatic heterocycles. The van der Waals surface area contributed by atoms with Gasteiger partial charge in [0.15, 0.2) is 0 Å². The lowest BCUT2D eigenvalue weighted by atomic mass is 10.2. The van der Waals surface area contributed by atoms with Gasteiger partial charge in [0.2, 0.25) is 0 Å². The molecule has 1 unspecified atom stereocenters. The number of aryl methyl sites for hydroxylation is 1. The zero-order valence-corrected chi connectivity index (χ0v) is 9.63. The summed E-state index contributed by atoms with van der Waals surface area (Å²) in [5.74, 6) is 0. The monoisotopic (exact) mass is 233 g/mol. The molecular formula is C10H11N5S. The Morgan fingerprint density at radius 2 is 2.44 bits per heavy atom. The number of nitrogens with zero attached hydrogens (tertiary/aromatic N) is 5. The van der Waals surface area contributed by atoms with Crippen molar-refractivity contribution in [3.05, 3.63) is 34.8 Å². The molecule has 0 fully saturated rings. The fourth-order valence-electron chi connectivity index (χ4n) is 1.72. The Morgan fingerprint density at radius 1 is 1.50 bits per heavy atom. The number of aromatic nitrogens is 3. The van der Waals surface area contributed by atoms with Crippen molar-refractivity contribution in [1.29, 1.82) is 0 Å². The molecule has 1 aliphatic rings. The summed E-state index contributed by atoms with van der Waals surface area (Å²) in [5, 5.41) is 9.42. The van der Waals surface area contributed by atoms with Gasteiger partial charge in [-0.1, -0.05) is 0 Å². The van der Waals surface area contributed by atoms with Gasteiger partial charge in [0, 0.05) is 36.1 Å². The summed E-state index contributed by atoms with van der Waals surface area (Å²) in [7, 11) is 0. The number of thiazole rings is 1. The number of hydrazone groups is 1. The first-order valence-electron chi connectivity index (χ1n) is 5.06. The van der Waals surface area contributed by atoms with E-state index in [4.69, 9.17) is 0 Å². The Morgan fingerprint density at radius 3 is 3.12 bits per heavy atom. The van der Waals surface area contributed by atoms with Crippen LogP contribution in [0, 0.1) is 6.92 Å². The highest BCUT2D eigenvalue weighted by Crippen LogP contribution is 2.28. The van der Waals surface area contributed by atoms with Gasteiger partial charge < -0.3 is 0 Å². The molecule has 1 atom stereocenters. The highest BCUT2D eigenvalue weighted by molar-refractivity contribution is 7.09. The third-order valence-electron chi connectivity index (χ3n) is 2.46. The molecule has 2 aromatic rings. The van der Waals surface area contributed by atoms with Crippen molar-refractivity contribution in [2.24, 2.45) is 5.10 Å². The van der Waals surface area contributed by atoms with Crippen molar-refractivity contribution >= 4 is 17.6 Å². The SMILES string of the molecule is Cc1csc(C2CC=NN2n2ccnc2)n1. The molecular weight excluding hydrogens is 222 g/mol. The van der Waals surface area contributed by atoms with Crippen molar-refractivity contribution in [2.75, 3.05) is 5.12 Å². The van der Waals surface area contributed by atoms with E-state index in [1.54, 1.807) is 23.9 Å². The normalized spacial score (nSPS) is 19.6. The molecule has 0 saturated carbocycles. The first-order chi connectivity index (χ1) is 7.84. The van der Waals surface area contributed by atoms with Crippen LogP contribution in [0.25, 0.3) is 0 Å². The van der Waals surface area contributed by atoms with Crippen LogP contribution in [0.1, 0.15) is 23.2 Å². The zero-order chi connectivity index (χ0) is 11.0. The van der Waals surface area contributed by atoms with Crippen molar-refractivity contribution in [1.82, 2.24) is 14.6 Å². The van der Waals surface area contributed by atoms with Crippen molar-refractivity contribution in [2.45, 2.75) is 19.4 Å². The molecule has 0 aromatic carbocycles. The maximum Gasteiger partial charge on any atom is 0.126 e. The van der Waals surface area contributed by atoms with E-state index < -0.39 is 0 Å². The van der Waals surface area contributed by atoms with Crippen molar-refractivity contribution in [3.8, 4) is 0 Å². The number of hydrogen-bond donors (Lipinski definition) is 0. The summed E-state index contributed by atoms with van der Waals surface area (Å²) >= 11 is 1.68. The average Bonchev–Trinajstić information content (AvgIpc) is 2.96. The van der Waals surface area contributed by atoms with Crippen LogP contribution in [0.2, 0.25) is 0 Å². The van der Waals surface area contributed by atoms with Gasteiger partial charge in [0.1, 0.15) is 17.4 Å². The van der Waals surface area contributed by atoms with E-state index >= 15 is 0 Å². The maximum atomic E-state index is 4.52. The molecule has 0 bridgehead atoms. The van der Waals surface area contributed by atoms with Crippen LogP contribution in [0.5, 0.6) is 0 Å². The molecule has 5 nitrogen and oxygen atoms in total. The predicted molar refractivity (Wildman–Crippen MR) is 63.1 cm³/mol. The molecule has 3 heterocycles. The maximum absolute atomic E-state index is 4.52. The van der Waals surface area contributed by atoms with E-state index in [1.807, 2.05) is 29.1 Å². The Balaban J connectivity index is 1.92. The van der Waals surface area contributed by atoms with E-state index in [0.717, 1.165) is 17.1 Å². The van der Waals surface area contributed by atoms with Crippen LogP contribution in [0.4, 0.5) is 0 Å². The van der Waals surface area contributed by atoms with Gasteiger partial charge in [-0.2, -0.15) is 10.2 Å². The van der Waals surface area contributed by atoms with Crippen LogP contribution in [-0.2, 0) is 0 Å². The lowest BCUT2D eigenvalue weighted by Crippen LogP contribution is -2.28. The minimum Gasteiger partial charge on any atom is -0.244 e. The Hall–Kier alpha value is -1.69. The van der Waals surface area contributed by atoms with E-state index in [-0.39, 0.29) is 6.04 Å². The second-order valence-electron chi connectivity index (χ2n) is 3.64. The molecule has 0 radical (unpaired) electrons. The molecule has 1 aliphatic heterocycles. The van der Waals surface area contributed by atoms with Crippen molar-refractivity contribution < 1.29 is 0 Å². The lowest BCUT2D eigenvalue weighted by Gasteiger charge is -2.21. The molecule has 0 spiro atoms. The summed E-state index contributed by atoms with van der Waals surface area (Å²) in [6, 6.07) is 0.202. The summed E-state index contributed by atoms with van der Waals surface area (Å²) in [6.07, 6.45) is 8.19. The predicted octanol–water partition coefficient (Wildman–Crippen LogP) is 1.72. The van der Waals surface area contributed by atoms with Crippen LogP contribution in [0.15, 0.2) is 29.2 Å². The van der Waals surface area contributed by atoms with Gasteiger partial charge in [-0.15, -0.1) is 11.3 Å². The van der Waals surface area contributed by atoms with Crippen LogP contribution in [-0.4, -0.2) is 20.9 Å². The van der Waals surface area contributed by atoms with E-state index in [0.29, 0.717) is 0 Å². The third-order valence-corrected chi connectivity index (χ3v) is 3.52. The van der Waals surface area contributed by atoms with Gasteiger partial charge in [0.05, 0.1) is 0 Å². The topological polar surface area (TPSA) is 46.3 Å². The quantitative estimate of drug-likeness (QED) is 0.793. The average molecular weight is 233 g/mol. The summed E-state index contributed by atoms with van der Waals surface area (Å²) in [5.41, 5.74) is 1.07. The van der Waals surface area contributed by atoms with E-state index in [2.05, 4.69) is 20.4 Å². The largest absolute Gasteiger partial charge is 0.244 e. The lowest BCUT2D eigenvalue weighted by molar-refractivity contribution is 0.534. The molecule has 0 saturated heterocycles. The molecule has 6 heteroatoms. The van der Waals surface area contributed by atoms with Gasteiger partial charge >= 0.3 is 0 Å². The minimum atomic E-state index is 0.202. The first kappa shape index (κ1) is 9.53. The molecule has 0 amide bonds. The highest BCUT2D eigenvalue weighted by Gasteiger charge is 2.26. The number of imidazole rings is 1. The second kappa shape index (κ2) is 3.71. The van der Waals surface area contributed by atoms with Gasteiger partial charge in [-0.05, 0) is 6.92 Å². The smallest absolute Gasteiger partial charge is 0.126 e. The van der Waals surface area contributed by atoms with Gasteiger partial charge in [-0.3, -0.25) is 0 Å².